The van der Waals surface area contributed by atoms with Gasteiger partial charge in [0.15, 0.2) is 12.3 Å². The number of quaternary nitrogens is 1. The van der Waals surface area contributed by atoms with E-state index in [0.29, 0.717) is 13.2 Å². The molecule has 0 aliphatic carbocycles. The van der Waals surface area contributed by atoms with Crippen LogP contribution >= 0.6 is 0 Å². The Morgan fingerprint density at radius 2 is 1.85 bits per heavy atom. The monoisotopic (exact) mass is 385 g/mol. The minimum absolute atomic E-state index is 0.0276. The van der Waals surface area contributed by atoms with Gasteiger partial charge in [0.25, 0.3) is 0 Å². The molecule has 2 rings (SSSR count). The summed E-state index contributed by atoms with van der Waals surface area (Å²) < 4.78 is 15.9. The number of carboxylic acid groups (broad SMARTS) is 2. The Bertz CT molecular complexity index is 559. The van der Waals surface area contributed by atoms with Crippen LogP contribution in [0.4, 0.5) is 0 Å². The Morgan fingerprint density at radius 3 is 2.33 bits per heavy atom. The first-order chi connectivity index (χ1) is 12.8. The number of nitrogens with two attached hydrogens (primary N) is 1. The summed E-state index contributed by atoms with van der Waals surface area (Å²) in [6.45, 7) is 4.41. The minimum atomic E-state index is -2.07. The number of aliphatic carboxylic acids is 2. The first kappa shape index (κ1) is 22.8. The third kappa shape index (κ3) is 8.83. The fourth-order valence-electron chi connectivity index (χ4n) is 2.47. The van der Waals surface area contributed by atoms with Crippen LogP contribution in [0.25, 0.3) is 0 Å². The Morgan fingerprint density at radius 1 is 1.30 bits per heavy atom. The minimum Gasteiger partial charge on any atom is -0.539 e. The highest BCUT2D eigenvalue weighted by atomic mass is 16.7. The maximum atomic E-state index is 10.3. The number of carbonyl (C=O) groups is 2. The number of aliphatic hydroxyl groups is 1. The SMILES string of the molecule is COc1ccc(C(O)C(C)[NH2+]CCCC2OCCO2)cc1.O=C([O-])C(=O)O. The van der Waals surface area contributed by atoms with Crippen molar-refractivity contribution in [2.45, 2.75) is 38.2 Å². The van der Waals surface area contributed by atoms with E-state index in [-0.39, 0.29) is 12.3 Å². The van der Waals surface area contributed by atoms with Crippen LogP contribution in [-0.2, 0) is 19.1 Å². The molecule has 9 heteroatoms. The molecular formula is C18H27NO8. The molecule has 4 N–H and O–H groups in total. The molecule has 1 aliphatic rings. The van der Waals surface area contributed by atoms with Crippen molar-refractivity contribution in [2.75, 3.05) is 26.9 Å². The van der Waals surface area contributed by atoms with E-state index in [1.54, 1.807) is 7.11 Å². The number of hydrogen-bond donors (Lipinski definition) is 3. The molecule has 1 heterocycles. The van der Waals surface area contributed by atoms with Gasteiger partial charge in [-0.25, -0.2) is 4.79 Å². The molecule has 2 atom stereocenters. The van der Waals surface area contributed by atoms with Crippen LogP contribution in [-0.4, -0.2) is 61.4 Å². The molecule has 27 heavy (non-hydrogen) atoms. The Labute approximate surface area is 157 Å². The van der Waals surface area contributed by atoms with E-state index >= 15 is 0 Å². The lowest BCUT2D eigenvalue weighted by atomic mass is 10.0. The van der Waals surface area contributed by atoms with Crippen LogP contribution in [0, 0.1) is 0 Å². The summed E-state index contributed by atoms with van der Waals surface area (Å²) >= 11 is 0. The standard InChI is InChI=1S/C16H25NO4.C2H2O4/c1-12(17-9-3-4-15-20-10-11-21-15)16(18)13-5-7-14(19-2)8-6-13;3-1(4)2(5)6/h5-8,12,15-18H,3-4,9-11H2,1-2H3;(H,3,4)(H,5,6). The van der Waals surface area contributed by atoms with Gasteiger partial charge in [0.2, 0.25) is 0 Å². The van der Waals surface area contributed by atoms with Crippen LogP contribution in [0.15, 0.2) is 24.3 Å². The molecule has 0 aromatic heterocycles. The molecule has 1 saturated heterocycles. The lowest BCUT2D eigenvalue weighted by Crippen LogP contribution is -2.90. The van der Waals surface area contributed by atoms with Crippen molar-refractivity contribution < 1.29 is 44.4 Å². The van der Waals surface area contributed by atoms with Crippen molar-refractivity contribution in [3.8, 4) is 5.75 Å². The third-order valence-corrected chi connectivity index (χ3v) is 4.00. The lowest BCUT2D eigenvalue weighted by Gasteiger charge is -2.18. The fraction of sp³-hybridized carbons (Fsp3) is 0.556. The molecular weight excluding hydrogens is 358 g/mol. The maximum Gasteiger partial charge on any atom is 0.351 e. The number of rotatable bonds is 8. The van der Waals surface area contributed by atoms with Crippen molar-refractivity contribution in [1.82, 2.24) is 0 Å². The maximum absolute atomic E-state index is 10.3. The Kier molecular flexibility index (Phi) is 10.3. The van der Waals surface area contributed by atoms with Gasteiger partial charge >= 0.3 is 5.97 Å². The highest BCUT2D eigenvalue weighted by molar-refractivity contribution is 6.26. The van der Waals surface area contributed by atoms with E-state index in [4.69, 9.17) is 34.0 Å². The van der Waals surface area contributed by atoms with Crippen LogP contribution in [0.2, 0.25) is 0 Å². The Hall–Kier alpha value is -2.20. The van der Waals surface area contributed by atoms with Crippen molar-refractivity contribution >= 4 is 11.9 Å². The van der Waals surface area contributed by atoms with Crippen molar-refractivity contribution in [3.63, 3.8) is 0 Å². The average molecular weight is 385 g/mol. The molecule has 1 aromatic carbocycles. The number of carboxylic acids is 2. The summed E-state index contributed by atoms with van der Waals surface area (Å²) in [7, 11) is 1.64. The van der Waals surface area contributed by atoms with Crippen LogP contribution < -0.4 is 15.2 Å². The van der Waals surface area contributed by atoms with E-state index in [2.05, 4.69) is 5.32 Å². The number of aliphatic hydroxyl groups excluding tert-OH is 1. The third-order valence-electron chi connectivity index (χ3n) is 4.00. The van der Waals surface area contributed by atoms with Crippen molar-refractivity contribution in [3.05, 3.63) is 29.8 Å². The van der Waals surface area contributed by atoms with Gasteiger partial charge in [-0.1, -0.05) is 12.1 Å². The van der Waals surface area contributed by atoms with Gasteiger partial charge in [-0.3, -0.25) is 0 Å². The van der Waals surface area contributed by atoms with Crippen molar-refractivity contribution in [1.29, 1.82) is 0 Å². The summed E-state index contributed by atoms with van der Waals surface area (Å²) in [6, 6.07) is 7.69. The van der Waals surface area contributed by atoms with E-state index in [0.717, 1.165) is 30.7 Å². The molecule has 0 bridgehead atoms. The fourth-order valence-corrected chi connectivity index (χ4v) is 2.47. The number of methoxy groups -OCH3 is 1. The number of benzene rings is 1. The zero-order chi connectivity index (χ0) is 20.2. The quantitative estimate of drug-likeness (QED) is 0.368. The molecule has 1 fully saturated rings. The number of hydrogen-bond acceptors (Lipinski definition) is 7. The molecule has 0 saturated carbocycles. The van der Waals surface area contributed by atoms with E-state index in [9.17, 15) is 5.11 Å². The highest BCUT2D eigenvalue weighted by Crippen LogP contribution is 2.18. The summed E-state index contributed by atoms with van der Waals surface area (Å²) in [6.07, 6.45) is 1.43. The number of carbonyl (C=O) groups excluding carboxylic acids is 1. The summed E-state index contributed by atoms with van der Waals surface area (Å²) in [5.41, 5.74) is 0.919. The largest absolute Gasteiger partial charge is 0.539 e. The van der Waals surface area contributed by atoms with Crippen LogP contribution in [0.3, 0.4) is 0 Å². The predicted molar refractivity (Wildman–Crippen MR) is 91.8 cm³/mol. The van der Waals surface area contributed by atoms with Crippen LogP contribution in [0.1, 0.15) is 31.4 Å². The summed E-state index contributed by atoms with van der Waals surface area (Å²) in [5.74, 6) is -3.20. The molecule has 1 aromatic rings. The Balaban J connectivity index is 0.000000527. The van der Waals surface area contributed by atoms with Gasteiger partial charge in [0, 0.05) is 12.8 Å². The van der Waals surface area contributed by atoms with Gasteiger partial charge in [0.1, 0.15) is 17.9 Å². The number of ether oxygens (including phenoxy) is 3. The second-order valence-corrected chi connectivity index (χ2v) is 6.01. The van der Waals surface area contributed by atoms with Gasteiger partial charge in [-0.05, 0) is 24.6 Å². The lowest BCUT2D eigenvalue weighted by molar-refractivity contribution is -0.694. The molecule has 1 aliphatic heterocycles. The summed E-state index contributed by atoms with van der Waals surface area (Å²) in [5, 5.41) is 28.8. The second-order valence-electron chi connectivity index (χ2n) is 6.01. The van der Waals surface area contributed by atoms with Gasteiger partial charge in [0.05, 0.1) is 26.9 Å². The topological polar surface area (TPSA) is 142 Å². The molecule has 9 nitrogen and oxygen atoms in total. The van der Waals surface area contributed by atoms with Crippen molar-refractivity contribution in [2.24, 2.45) is 0 Å². The molecule has 2 unspecified atom stereocenters. The van der Waals surface area contributed by atoms with E-state index < -0.39 is 18.0 Å². The normalized spacial score (nSPS) is 16.1. The zero-order valence-electron chi connectivity index (χ0n) is 15.5. The smallest absolute Gasteiger partial charge is 0.351 e. The van der Waals surface area contributed by atoms with Gasteiger partial charge in [-0.15, -0.1) is 0 Å². The van der Waals surface area contributed by atoms with Gasteiger partial charge in [-0.2, -0.15) is 0 Å². The van der Waals surface area contributed by atoms with E-state index in [1.165, 1.54) is 0 Å². The first-order valence-corrected chi connectivity index (χ1v) is 8.68. The van der Waals surface area contributed by atoms with Crippen LogP contribution in [0.5, 0.6) is 5.75 Å². The molecule has 0 spiro atoms. The molecule has 152 valence electrons. The zero-order valence-corrected chi connectivity index (χ0v) is 15.5. The second kappa shape index (κ2) is 12.2. The first-order valence-electron chi connectivity index (χ1n) is 8.68. The average Bonchev–Trinajstić information content (AvgIpc) is 3.18. The highest BCUT2D eigenvalue weighted by Gasteiger charge is 2.20. The predicted octanol–water partition coefficient (Wildman–Crippen LogP) is -1.35. The van der Waals surface area contributed by atoms with Gasteiger partial charge < -0.3 is 39.6 Å². The van der Waals surface area contributed by atoms with E-state index in [1.807, 2.05) is 31.2 Å². The molecule has 0 amide bonds. The molecule has 0 radical (unpaired) electrons. The summed E-state index contributed by atoms with van der Waals surface area (Å²) in [4.78, 5) is 18.0.